The van der Waals surface area contributed by atoms with E-state index in [1.165, 1.54) is 5.56 Å². The van der Waals surface area contributed by atoms with Crippen molar-refractivity contribution >= 4 is 50.8 Å². The summed E-state index contributed by atoms with van der Waals surface area (Å²) in [4.78, 5) is 14.2. The maximum Gasteiger partial charge on any atom is 0 e. The van der Waals surface area contributed by atoms with E-state index in [2.05, 4.69) is 96.1 Å². The molecule has 0 aliphatic heterocycles. The summed E-state index contributed by atoms with van der Waals surface area (Å²) in [7, 11) is 0. The zero-order valence-corrected chi connectivity index (χ0v) is 37.0. The number of imidazole rings is 1. The Kier molecular flexibility index (Phi) is 10.7. The Hall–Kier alpha value is -4.36. The van der Waals surface area contributed by atoms with Crippen molar-refractivity contribution in [3.8, 4) is 28.3 Å². The van der Waals surface area contributed by atoms with Crippen molar-refractivity contribution in [2.24, 2.45) is 5.92 Å². The minimum absolute atomic E-state index is 0. The second kappa shape index (κ2) is 15.8. The van der Waals surface area contributed by atoms with Gasteiger partial charge in [-0.15, -0.1) is 18.2 Å². The SMILES string of the molecule is Cc1ccc2c(n1)oc1c(-c3nc4ccccc4n3-c3ccccc3)[c-]ccc12.[2H]C([2H])(c1cc(-c2[c-]ccc(C(C)(C)C)c2)nc[c]1[Ge]([CH3])([CH3])[CH3])C(C)C.[Ir]. The van der Waals surface area contributed by atoms with Crippen LogP contribution < -0.4 is 4.40 Å². The minimum Gasteiger partial charge on any atom is 0 e. The van der Waals surface area contributed by atoms with Crippen LogP contribution >= 0.6 is 0 Å². The molecule has 4 aromatic heterocycles. The number of fused-ring (bicyclic) bond motifs is 4. The fourth-order valence-electron chi connectivity index (χ4n) is 6.62. The molecule has 0 aliphatic carbocycles. The van der Waals surface area contributed by atoms with E-state index in [0.29, 0.717) is 5.71 Å². The molecule has 7 heteroatoms. The number of nitrogens with zero attached hydrogens (tertiary/aromatic N) is 4. The van der Waals surface area contributed by atoms with E-state index >= 15 is 0 Å². The first kappa shape index (κ1) is 36.6. The van der Waals surface area contributed by atoms with Crippen LogP contribution in [-0.4, -0.2) is 32.8 Å². The van der Waals surface area contributed by atoms with E-state index in [9.17, 15) is 0 Å². The van der Waals surface area contributed by atoms with Gasteiger partial charge in [0.15, 0.2) is 0 Å². The number of para-hydroxylation sites is 3. The number of furan rings is 1. The molecule has 5 nitrogen and oxygen atoms in total. The zero-order valence-electron chi connectivity index (χ0n) is 34.5. The summed E-state index contributed by atoms with van der Waals surface area (Å²) < 4.78 is 26.9. The first-order chi connectivity index (χ1) is 26.0. The Morgan fingerprint density at radius 1 is 0.852 bits per heavy atom. The molecule has 4 heterocycles. The van der Waals surface area contributed by atoms with Crippen LogP contribution in [0.2, 0.25) is 17.3 Å². The Morgan fingerprint density at radius 3 is 2.30 bits per heavy atom. The van der Waals surface area contributed by atoms with Gasteiger partial charge in [-0.2, -0.15) is 0 Å². The van der Waals surface area contributed by atoms with Gasteiger partial charge in [0, 0.05) is 36.9 Å². The molecule has 0 bridgehead atoms. The number of benzene rings is 4. The van der Waals surface area contributed by atoms with Crippen LogP contribution in [0.15, 0.2) is 114 Å². The molecule has 8 aromatic rings. The molecule has 54 heavy (non-hydrogen) atoms. The smallest absolute Gasteiger partial charge is 0 e. The fraction of sp³-hybridized carbons (Fsp3) is 0.255. The predicted octanol–water partition coefficient (Wildman–Crippen LogP) is 11.7. The summed E-state index contributed by atoms with van der Waals surface area (Å²) in [6.07, 6.45) is 0.565. The number of aryl methyl sites for hydroxylation is 1. The van der Waals surface area contributed by atoms with E-state index < -0.39 is 19.6 Å². The van der Waals surface area contributed by atoms with Gasteiger partial charge < -0.3 is 8.98 Å². The van der Waals surface area contributed by atoms with Gasteiger partial charge in [0.25, 0.3) is 0 Å². The van der Waals surface area contributed by atoms with E-state index in [0.717, 1.165) is 71.4 Å². The number of hydrogen-bond donors (Lipinski definition) is 0. The Morgan fingerprint density at radius 2 is 1.57 bits per heavy atom. The monoisotopic (exact) mass is 953 g/mol. The standard InChI is InChI=1S/C25H16N3O.C22H32GeN.Ir/c1-16-14-15-19-18-10-7-11-20(23(18)29-25(19)26-16)24-27-21-12-5-6-13-22(21)28(24)17-8-3-2-4-9-17;1-16(2)12-18-14-21(24-15-20(18)23(6,7)8)17-10-9-11-19(13-17)22(3,4)5;/h2-10,12-15H,1H3;9,11,13-16H,12H2,1-8H3;/q2*-1;/i;12D2;. The summed E-state index contributed by atoms with van der Waals surface area (Å²) >= 11 is -2.25. The number of aromatic nitrogens is 4. The van der Waals surface area contributed by atoms with Gasteiger partial charge in [-0.1, -0.05) is 41.3 Å². The van der Waals surface area contributed by atoms with E-state index in [4.69, 9.17) is 17.1 Å². The molecule has 0 N–H and O–H groups in total. The zero-order chi connectivity index (χ0) is 39.3. The van der Waals surface area contributed by atoms with Gasteiger partial charge in [-0.05, 0) is 43.3 Å². The third kappa shape index (κ3) is 8.17. The molecule has 0 saturated heterocycles. The summed E-state index contributed by atoms with van der Waals surface area (Å²) in [6.45, 7) is 12.4. The summed E-state index contributed by atoms with van der Waals surface area (Å²) in [6, 6.07) is 41.3. The second-order valence-electron chi connectivity index (χ2n) is 16.0. The van der Waals surface area contributed by atoms with Crippen molar-refractivity contribution in [3.63, 3.8) is 0 Å². The van der Waals surface area contributed by atoms with Gasteiger partial charge in [-0.25, -0.2) is 4.98 Å². The molecule has 277 valence electrons. The molecule has 0 fully saturated rings. The topological polar surface area (TPSA) is 56.7 Å². The van der Waals surface area contributed by atoms with Crippen LogP contribution in [0.3, 0.4) is 0 Å². The van der Waals surface area contributed by atoms with E-state index in [-0.39, 0.29) is 31.4 Å². The van der Waals surface area contributed by atoms with Crippen LogP contribution in [0, 0.1) is 25.0 Å². The van der Waals surface area contributed by atoms with Crippen molar-refractivity contribution in [3.05, 3.63) is 138 Å². The second-order valence-corrected chi connectivity index (χ2v) is 26.6. The van der Waals surface area contributed by atoms with Crippen LogP contribution in [0.4, 0.5) is 0 Å². The van der Waals surface area contributed by atoms with Gasteiger partial charge in [-0.3, -0.25) is 4.98 Å². The number of rotatable bonds is 6. The Balaban J connectivity index is 0.000000188. The van der Waals surface area contributed by atoms with Crippen LogP contribution in [0.25, 0.3) is 61.4 Å². The number of hydrogen-bond acceptors (Lipinski definition) is 4. The largest absolute Gasteiger partial charge is 0 e. The molecule has 0 saturated carbocycles. The molecule has 0 aliphatic rings. The predicted molar refractivity (Wildman–Crippen MR) is 224 cm³/mol. The molecule has 0 unspecified atom stereocenters. The summed E-state index contributed by atoms with van der Waals surface area (Å²) in [5.74, 6) is 7.60. The van der Waals surface area contributed by atoms with Crippen molar-refractivity contribution in [2.75, 3.05) is 0 Å². The fourth-order valence-corrected chi connectivity index (χ4v) is 9.57. The third-order valence-electron chi connectivity index (χ3n) is 9.34. The molecule has 8 rings (SSSR count). The average Bonchev–Trinajstić information content (AvgIpc) is 3.73. The normalized spacial score (nSPS) is 12.7. The Bertz CT molecular complexity index is 2650. The van der Waals surface area contributed by atoms with E-state index in [1.807, 2.05) is 93.7 Å². The molecular weight excluding hydrogens is 901 g/mol. The quantitative estimate of drug-likeness (QED) is 0.123. The first-order valence-electron chi connectivity index (χ1n) is 19.3. The van der Waals surface area contributed by atoms with Crippen molar-refractivity contribution in [2.45, 2.75) is 70.6 Å². The van der Waals surface area contributed by atoms with Gasteiger partial charge in [0.05, 0.1) is 22.4 Å². The third-order valence-corrected chi connectivity index (χ3v) is 13.6. The molecule has 0 amide bonds. The van der Waals surface area contributed by atoms with Crippen LogP contribution in [-0.2, 0) is 31.9 Å². The average molecular weight is 952 g/mol. The maximum absolute atomic E-state index is 8.70. The molecular formula is C47H48GeIrN4O-2. The summed E-state index contributed by atoms with van der Waals surface area (Å²) in [5, 5.41) is 2.02. The molecule has 4 aromatic carbocycles. The maximum atomic E-state index is 8.70. The minimum atomic E-state index is -2.25. The molecule has 1 radical (unpaired) electrons. The molecule has 0 atom stereocenters. The number of pyridine rings is 2. The molecule has 0 spiro atoms. The van der Waals surface area contributed by atoms with Gasteiger partial charge >= 0.3 is 154 Å². The van der Waals surface area contributed by atoms with Crippen molar-refractivity contribution in [1.82, 2.24) is 19.5 Å². The van der Waals surface area contributed by atoms with Crippen molar-refractivity contribution < 1.29 is 27.3 Å². The van der Waals surface area contributed by atoms with Gasteiger partial charge in [0.1, 0.15) is 0 Å². The summed E-state index contributed by atoms with van der Waals surface area (Å²) in [5.41, 5.74) is 10.0. The first-order valence-corrected chi connectivity index (χ1v) is 25.7. The van der Waals surface area contributed by atoms with E-state index in [1.54, 1.807) is 0 Å². The van der Waals surface area contributed by atoms with Gasteiger partial charge in [0.2, 0.25) is 5.71 Å². The van der Waals surface area contributed by atoms with Crippen molar-refractivity contribution in [1.29, 1.82) is 0 Å². The van der Waals surface area contributed by atoms with Crippen LogP contribution in [0.1, 0.15) is 54.2 Å². The van der Waals surface area contributed by atoms with Crippen LogP contribution in [0.5, 0.6) is 0 Å². The Labute approximate surface area is 338 Å².